The number of fused-ring (bicyclic) bond motifs is 1. The van der Waals surface area contributed by atoms with Gasteiger partial charge < -0.3 is 15.4 Å². The molecule has 0 fully saturated rings. The Morgan fingerprint density at radius 2 is 1.97 bits per heavy atom. The molecule has 0 spiro atoms. The number of thioether (sulfide) groups is 1. The van der Waals surface area contributed by atoms with E-state index in [1.165, 1.54) is 30.0 Å². The molecule has 0 bridgehead atoms. The first-order valence-corrected chi connectivity index (χ1v) is 9.75. The van der Waals surface area contributed by atoms with E-state index in [4.69, 9.17) is 16.3 Å². The number of hydrogen-bond donors (Lipinski definition) is 2. The Bertz CT molecular complexity index is 1030. The van der Waals surface area contributed by atoms with E-state index in [0.717, 1.165) is 11.0 Å². The zero-order chi connectivity index (χ0) is 22.1. The fraction of sp³-hybridized carbons (Fsp3) is 0.211. The Morgan fingerprint density at radius 3 is 2.67 bits per heavy atom. The molecule has 1 aliphatic rings. The van der Waals surface area contributed by atoms with E-state index >= 15 is 0 Å². The van der Waals surface area contributed by atoms with E-state index in [9.17, 15) is 27.6 Å². The Kier molecular flexibility index (Phi) is 6.27. The van der Waals surface area contributed by atoms with Crippen molar-refractivity contribution >= 4 is 52.5 Å². The van der Waals surface area contributed by atoms with E-state index < -0.39 is 35.2 Å². The van der Waals surface area contributed by atoms with Crippen LogP contribution in [0.2, 0.25) is 5.02 Å². The third-order valence-electron chi connectivity index (χ3n) is 4.04. The minimum Gasteiger partial charge on any atom is -0.452 e. The summed E-state index contributed by atoms with van der Waals surface area (Å²) < 4.78 is 43.5. The van der Waals surface area contributed by atoms with E-state index in [2.05, 4.69) is 10.6 Å². The Balaban J connectivity index is 1.61. The number of benzene rings is 2. The zero-order valence-corrected chi connectivity index (χ0v) is 16.9. The number of carbonyl (C=O) groups is 3. The summed E-state index contributed by atoms with van der Waals surface area (Å²) >= 11 is 6.87. The quantitative estimate of drug-likeness (QED) is 0.655. The number of nitrogens with one attached hydrogen (secondary N) is 2. The van der Waals surface area contributed by atoms with Gasteiger partial charge in [-0.05, 0) is 43.3 Å². The lowest BCUT2D eigenvalue weighted by atomic mass is 10.2. The fourth-order valence-corrected chi connectivity index (χ4v) is 3.72. The van der Waals surface area contributed by atoms with Crippen molar-refractivity contribution in [2.45, 2.75) is 23.2 Å². The van der Waals surface area contributed by atoms with E-state index in [1.54, 1.807) is 13.0 Å². The maximum atomic E-state index is 12.9. The highest BCUT2D eigenvalue weighted by Gasteiger charge is 2.33. The summed E-state index contributed by atoms with van der Waals surface area (Å²) in [5.41, 5.74) is -0.664. The highest BCUT2D eigenvalue weighted by molar-refractivity contribution is 8.00. The van der Waals surface area contributed by atoms with Crippen LogP contribution in [0.15, 0.2) is 41.3 Å². The number of alkyl halides is 3. The van der Waals surface area contributed by atoms with Crippen LogP contribution in [0.3, 0.4) is 0 Å². The molecular weight excluding hydrogens is 445 g/mol. The largest absolute Gasteiger partial charge is 0.452 e. The first-order chi connectivity index (χ1) is 14.0. The van der Waals surface area contributed by atoms with E-state index in [-0.39, 0.29) is 22.4 Å². The lowest BCUT2D eigenvalue weighted by Crippen LogP contribution is -2.26. The molecule has 0 saturated carbocycles. The summed E-state index contributed by atoms with van der Waals surface area (Å²) in [7, 11) is 0. The highest BCUT2D eigenvalue weighted by Crippen LogP contribution is 2.37. The van der Waals surface area contributed by atoms with Gasteiger partial charge in [-0.3, -0.25) is 9.59 Å². The van der Waals surface area contributed by atoms with Crippen LogP contribution in [-0.2, 0) is 20.5 Å². The van der Waals surface area contributed by atoms with Gasteiger partial charge in [0.05, 0.1) is 27.1 Å². The molecule has 0 saturated heterocycles. The van der Waals surface area contributed by atoms with E-state index in [1.807, 2.05) is 0 Å². The lowest BCUT2D eigenvalue weighted by Gasteiger charge is -2.21. The van der Waals surface area contributed by atoms with Gasteiger partial charge >= 0.3 is 12.1 Å². The molecule has 2 N–H and O–H groups in total. The summed E-state index contributed by atoms with van der Waals surface area (Å²) in [5, 5.41) is 4.13. The second kappa shape index (κ2) is 8.57. The molecular formula is C19H14ClF3N2O4S. The van der Waals surface area contributed by atoms with Crippen molar-refractivity contribution in [3.63, 3.8) is 0 Å². The molecule has 30 heavy (non-hydrogen) atoms. The average Bonchev–Trinajstić information content (AvgIpc) is 2.67. The van der Waals surface area contributed by atoms with Gasteiger partial charge in [0.25, 0.3) is 5.91 Å². The van der Waals surface area contributed by atoms with Crippen molar-refractivity contribution < 1.29 is 32.3 Å². The van der Waals surface area contributed by atoms with Crippen molar-refractivity contribution in [3.05, 3.63) is 52.5 Å². The maximum Gasteiger partial charge on any atom is 0.417 e. The predicted octanol–water partition coefficient (Wildman–Crippen LogP) is 4.59. The summed E-state index contributed by atoms with van der Waals surface area (Å²) in [4.78, 5) is 36.7. The molecule has 6 nitrogen and oxygen atoms in total. The van der Waals surface area contributed by atoms with Crippen LogP contribution in [0, 0.1) is 0 Å². The minimum atomic E-state index is -4.68. The second-order valence-electron chi connectivity index (χ2n) is 6.28. The van der Waals surface area contributed by atoms with Gasteiger partial charge in [0.1, 0.15) is 0 Å². The van der Waals surface area contributed by atoms with Crippen molar-refractivity contribution in [2.75, 3.05) is 17.2 Å². The Hall–Kier alpha value is -2.72. The molecule has 2 amide bonds. The van der Waals surface area contributed by atoms with Gasteiger partial charge in [-0.25, -0.2) is 4.79 Å². The Morgan fingerprint density at radius 1 is 1.23 bits per heavy atom. The van der Waals surface area contributed by atoms with Crippen LogP contribution in [-0.4, -0.2) is 29.6 Å². The van der Waals surface area contributed by atoms with Crippen LogP contribution >= 0.6 is 23.4 Å². The number of anilines is 2. The predicted molar refractivity (Wildman–Crippen MR) is 106 cm³/mol. The first kappa shape index (κ1) is 22.0. The Labute approximate surface area is 178 Å². The summed E-state index contributed by atoms with van der Waals surface area (Å²) in [5.74, 6) is -1.84. The molecule has 158 valence electrons. The van der Waals surface area contributed by atoms with Crippen LogP contribution in [0.5, 0.6) is 0 Å². The molecule has 2 aromatic rings. The van der Waals surface area contributed by atoms with Gasteiger partial charge in [-0.2, -0.15) is 13.2 Å². The molecule has 0 aromatic heterocycles. The van der Waals surface area contributed by atoms with Crippen molar-refractivity contribution in [1.82, 2.24) is 0 Å². The first-order valence-electron chi connectivity index (χ1n) is 8.50. The maximum absolute atomic E-state index is 12.9. The number of halogens is 4. The van der Waals surface area contributed by atoms with Gasteiger partial charge in [0.2, 0.25) is 5.91 Å². The number of ether oxygens (including phenoxy) is 1. The second-order valence-corrected chi connectivity index (χ2v) is 8.07. The third-order valence-corrected chi connectivity index (χ3v) is 5.54. The monoisotopic (exact) mass is 458 g/mol. The van der Waals surface area contributed by atoms with Gasteiger partial charge in [0.15, 0.2) is 6.61 Å². The number of amides is 2. The molecule has 2 aromatic carbocycles. The van der Waals surface area contributed by atoms with Crippen molar-refractivity contribution in [2.24, 2.45) is 0 Å². The third kappa shape index (κ3) is 5.06. The smallest absolute Gasteiger partial charge is 0.417 e. The molecule has 0 aliphatic carbocycles. The number of esters is 1. The summed E-state index contributed by atoms with van der Waals surface area (Å²) in [6.45, 7) is 1.04. The molecule has 11 heteroatoms. The molecule has 1 unspecified atom stereocenters. The summed E-state index contributed by atoms with van der Waals surface area (Å²) in [6, 6.07) is 7.46. The lowest BCUT2D eigenvalue weighted by molar-refractivity contribution is -0.137. The SMILES string of the molecule is CC1Sc2ccc(C(=O)OCC(=O)Nc3ccc(Cl)c(C(F)(F)F)c3)cc2NC1=O. The van der Waals surface area contributed by atoms with Gasteiger partial charge in [-0.1, -0.05) is 11.6 Å². The topological polar surface area (TPSA) is 84.5 Å². The standard InChI is InChI=1S/C19H14ClF3N2O4S/c1-9-17(27)25-14-6-10(2-5-15(14)30-9)18(28)29-8-16(26)24-11-3-4-13(20)12(7-11)19(21,22)23/h2-7,9H,8H2,1H3,(H,24,26)(H,25,27). The van der Waals surface area contributed by atoms with Crippen molar-refractivity contribution in [1.29, 1.82) is 0 Å². The van der Waals surface area contributed by atoms with Crippen LogP contribution in [0.25, 0.3) is 0 Å². The molecule has 1 heterocycles. The van der Waals surface area contributed by atoms with Crippen molar-refractivity contribution in [3.8, 4) is 0 Å². The van der Waals surface area contributed by atoms with Crippen LogP contribution in [0.4, 0.5) is 24.5 Å². The van der Waals surface area contributed by atoms with Crippen LogP contribution < -0.4 is 10.6 Å². The summed E-state index contributed by atoms with van der Waals surface area (Å²) in [6.07, 6.45) is -4.68. The van der Waals surface area contributed by atoms with E-state index in [0.29, 0.717) is 11.8 Å². The van der Waals surface area contributed by atoms with Crippen LogP contribution in [0.1, 0.15) is 22.8 Å². The fourth-order valence-electron chi connectivity index (χ4n) is 2.57. The minimum absolute atomic E-state index is 0.114. The number of rotatable bonds is 4. The normalized spacial score (nSPS) is 15.8. The number of carbonyl (C=O) groups excluding carboxylic acids is 3. The average molecular weight is 459 g/mol. The van der Waals surface area contributed by atoms with Gasteiger partial charge in [0, 0.05) is 10.6 Å². The molecule has 3 rings (SSSR count). The van der Waals surface area contributed by atoms with Gasteiger partial charge in [-0.15, -0.1) is 11.8 Å². The highest BCUT2D eigenvalue weighted by atomic mass is 35.5. The molecule has 1 atom stereocenters. The number of hydrogen-bond acceptors (Lipinski definition) is 5. The molecule has 1 aliphatic heterocycles. The molecule has 0 radical (unpaired) electrons. The zero-order valence-electron chi connectivity index (χ0n) is 15.3.